The van der Waals surface area contributed by atoms with E-state index in [1.165, 1.54) is 23.0 Å². The van der Waals surface area contributed by atoms with E-state index in [1.54, 1.807) is 6.07 Å². The van der Waals surface area contributed by atoms with E-state index in [4.69, 9.17) is 0 Å². The molecule has 4 nitrogen and oxygen atoms in total. The second kappa shape index (κ2) is 10.7. The number of rotatable bonds is 7. The number of hydrogen-bond acceptors (Lipinski definition) is 4. The van der Waals surface area contributed by atoms with Crippen molar-refractivity contribution < 1.29 is 9.18 Å². The highest BCUT2D eigenvalue weighted by molar-refractivity contribution is 7.12. The van der Waals surface area contributed by atoms with E-state index in [9.17, 15) is 9.18 Å². The summed E-state index contributed by atoms with van der Waals surface area (Å²) >= 11 is 1.46. The Bertz CT molecular complexity index is 1280. The van der Waals surface area contributed by atoms with E-state index >= 15 is 0 Å². The maximum absolute atomic E-state index is 14.6. The van der Waals surface area contributed by atoms with Gasteiger partial charge < -0.3 is 4.90 Å². The zero-order chi connectivity index (χ0) is 24.2. The zero-order valence-electron chi connectivity index (χ0n) is 19.9. The summed E-state index contributed by atoms with van der Waals surface area (Å²) in [6.45, 7) is 2.81. The SMILES string of the molecule is CN(C(=O)c1cccs1)C(Cc1ccccc1F)C1CCN(Cc2ccc3cccnc3c2)CC1. The van der Waals surface area contributed by atoms with Gasteiger partial charge in [0.15, 0.2) is 0 Å². The second-order valence-corrected chi connectivity index (χ2v) is 10.3. The number of carbonyl (C=O) groups excluding carboxylic acids is 1. The average molecular weight is 488 g/mol. The molecule has 2 aromatic carbocycles. The third-order valence-electron chi connectivity index (χ3n) is 7.19. The molecule has 180 valence electrons. The Morgan fingerprint density at radius 3 is 2.71 bits per heavy atom. The van der Waals surface area contributed by atoms with Crippen molar-refractivity contribution in [3.05, 3.63) is 100 Å². The van der Waals surface area contributed by atoms with Gasteiger partial charge in [0.1, 0.15) is 5.82 Å². The predicted octanol–water partition coefficient (Wildman–Crippen LogP) is 6.03. The highest BCUT2D eigenvalue weighted by atomic mass is 32.1. The summed E-state index contributed by atoms with van der Waals surface area (Å²) < 4.78 is 14.6. The lowest BCUT2D eigenvalue weighted by atomic mass is 9.84. The van der Waals surface area contributed by atoms with Crippen LogP contribution in [0.2, 0.25) is 0 Å². The highest BCUT2D eigenvalue weighted by Gasteiger charge is 2.32. The molecule has 0 saturated carbocycles. The summed E-state index contributed by atoms with van der Waals surface area (Å²) in [5, 5.41) is 3.08. The zero-order valence-corrected chi connectivity index (χ0v) is 20.8. The molecule has 3 heterocycles. The van der Waals surface area contributed by atoms with E-state index in [0.717, 1.165) is 48.3 Å². The summed E-state index contributed by atoms with van der Waals surface area (Å²) in [7, 11) is 1.88. The molecule has 1 unspecified atom stereocenters. The van der Waals surface area contributed by atoms with Gasteiger partial charge in [0.25, 0.3) is 5.91 Å². The van der Waals surface area contributed by atoms with E-state index in [1.807, 2.05) is 53.9 Å². The normalized spacial score (nSPS) is 15.8. The lowest BCUT2D eigenvalue weighted by Gasteiger charge is -2.40. The number of fused-ring (bicyclic) bond motifs is 1. The van der Waals surface area contributed by atoms with Crippen LogP contribution >= 0.6 is 11.3 Å². The van der Waals surface area contributed by atoms with Gasteiger partial charge in [-0.1, -0.05) is 42.5 Å². The van der Waals surface area contributed by atoms with Crippen molar-refractivity contribution in [1.29, 1.82) is 0 Å². The van der Waals surface area contributed by atoms with Gasteiger partial charge >= 0.3 is 0 Å². The molecule has 1 amide bonds. The van der Waals surface area contributed by atoms with Crippen molar-refractivity contribution >= 4 is 28.1 Å². The van der Waals surface area contributed by atoms with Gasteiger partial charge in [-0.3, -0.25) is 14.7 Å². The Morgan fingerprint density at radius 1 is 1.11 bits per heavy atom. The van der Waals surface area contributed by atoms with Crippen LogP contribution in [0.25, 0.3) is 10.9 Å². The molecular weight excluding hydrogens is 457 g/mol. The Kier molecular flexibility index (Phi) is 7.21. The minimum absolute atomic E-state index is 0.0208. The molecular formula is C29H30FN3OS. The molecule has 1 aliphatic rings. The first-order valence-electron chi connectivity index (χ1n) is 12.2. The molecule has 35 heavy (non-hydrogen) atoms. The van der Waals surface area contributed by atoms with Crippen LogP contribution in [0.15, 0.2) is 78.3 Å². The van der Waals surface area contributed by atoms with Crippen LogP contribution in [-0.2, 0) is 13.0 Å². The van der Waals surface area contributed by atoms with E-state index in [2.05, 4.69) is 34.1 Å². The number of piperidine rings is 1. The van der Waals surface area contributed by atoms with Crippen molar-refractivity contribution in [3.8, 4) is 0 Å². The van der Waals surface area contributed by atoms with Crippen LogP contribution in [0.4, 0.5) is 4.39 Å². The van der Waals surface area contributed by atoms with Crippen LogP contribution in [0.5, 0.6) is 0 Å². The molecule has 0 bridgehead atoms. The largest absolute Gasteiger partial charge is 0.337 e. The monoisotopic (exact) mass is 487 g/mol. The smallest absolute Gasteiger partial charge is 0.263 e. The van der Waals surface area contributed by atoms with Crippen LogP contribution in [0.3, 0.4) is 0 Å². The Labute approximate surface area is 210 Å². The van der Waals surface area contributed by atoms with Gasteiger partial charge in [-0.25, -0.2) is 4.39 Å². The first-order valence-corrected chi connectivity index (χ1v) is 13.1. The predicted molar refractivity (Wildman–Crippen MR) is 140 cm³/mol. The Morgan fingerprint density at radius 2 is 1.94 bits per heavy atom. The van der Waals surface area contributed by atoms with Crippen LogP contribution in [-0.4, -0.2) is 46.9 Å². The van der Waals surface area contributed by atoms with Gasteiger partial charge in [0, 0.05) is 31.2 Å². The van der Waals surface area contributed by atoms with Crippen molar-refractivity contribution in [1.82, 2.24) is 14.8 Å². The Hall–Kier alpha value is -3.09. The fourth-order valence-electron chi connectivity index (χ4n) is 5.20. The lowest BCUT2D eigenvalue weighted by molar-refractivity contribution is 0.0588. The maximum atomic E-state index is 14.6. The first kappa shape index (κ1) is 23.6. The highest BCUT2D eigenvalue weighted by Crippen LogP contribution is 2.29. The fourth-order valence-corrected chi connectivity index (χ4v) is 5.90. The minimum atomic E-state index is -0.197. The molecule has 1 saturated heterocycles. The van der Waals surface area contributed by atoms with Crippen LogP contribution in [0, 0.1) is 11.7 Å². The first-order chi connectivity index (χ1) is 17.1. The third-order valence-corrected chi connectivity index (χ3v) is 8.05. The van der Waals surface area contributed by atoms with E-state index in [0.29, 0.717) is 17.9 Å². The molecule has 0 aliphatic carbocycles. The number of likely N-dealkylation sites (N-methyl/N-ethyl adjacent to an activating group) is 1. The minimum Gasteiger partial charge on any atom is -0.337 e. The molecule has 4 aromatic rings. The molecule has 5 rings (SSSR count). The molecule has 1 atom stereocenters. The van der Waals surface area contributed by atoms with Gasteiger partial charge in [0.05, 0.1) is 10.4 Å². The number of halogens is 1. The number of aromatic nitrogens is 1. The van der Waals surface area contributed by atoms with Crippen LogP contribution in [0.1, 0.15) is 33.6 Å². The topological polar surface area (TPSA) is 36.4 Å². The van der Waals surface area contributed by atoms with Crippen molar-refractivity contribution in [2.24, 2.45) is 5.92 Å². The molecule has 1 fully saturated rings. The van der Waals surface area contributed by atoms with Crippen molar-refractivity contribution in [3.63, 3.8) is 0 Å². The second-order valence-electron chi connectivity index (χ2n) is 9.40. The fraction of sp³-hybridized carbons (Fsp3) is 0.310. The standard InChI is InChI=1S/C29H30FN3OS/c1-32(29(34)28-9-5-17-35-28)27(19-24-6-2-3-8-25(24)30)23-12-15-33(16-13-23)20-21-10-11-22-7-4-14-31-26(22)18-21/h2-11,14,17-18,23,27H,12-13,15-16,19-20H2,1H3. The van der Waals surface area contributed by atoms with Gasteiger partial charge in [-0.2, -0.15) is 0 Å². The molecule has 0 spiro atoms. The Balaban J connectivity index is 1.29. The van der Waals surface area contributed by atoms with Gasteiger partial charge in [0.2, 0.25) is 0 Å². The number of benzene rings is 2. The summed E-state index contributed by atoms with van der Waals surface area (Å²) in [6, 6.07) is 21.2. The van der Waals surface area contributed by atoms with Gasteiger partial charge in [-0.05, 0) is 79.0 Å². The molecule has 6 heteroatoms. The lowest BCUT2D eigenvalue weighted by Crippen LogP contribution is -2.47. The molecule has 0 radical (unpaired) electrons. The van der Waals surface area contributed by atoms with E-state index in [-0.39, 0.29) is 17.8 Å². The average Bonchev–Trinajstić information content (AvgIpc) is 3.43. The number of hydrogen-bond donors (Lipinski definition) is 0. The van der Waals surface area contributed by atoms with Gasteiger partial charge in [-0.15, -0.1) is 11.3 Å². The number of thiophene rings is 1. The van der Waals surface area contributed by atoms with Crippen molar-refractivity contribution in [2.45, 2.75) is 31.8 Å². The molecule has 0 N–H and O–H groups in total. The summed E-state index contributed by atoms with van der Waals surface area (Å²) in [5.74, 6) is 0.141. The molecule has 2 aromatic heterocycles. The summed E-state index contributed by atoms with van der Waals surface area (Å²) in [6.07, 6.45) is 4.32. The third kappa shape index (κ3) is 5.44. The summed E-state index contributed by atoms with van der Waals surface area (Å²) in [5.41, 5.74) is 2.97. The quantitative estimate of drug-likeness (QED) is 0.319. The molecule has 1 aliphatic heterocycles. The number of pyridine rings is 1. The summed E-state index contributed by atoms with van der Waals surface area (Å²) in [4.78, 5) is 22.8. The number of carbonyl (C=O) groups is 1. The number of nitrogens with zero attached hydrogens (tertiary/aromatic N) is 3. The van der Waals surface area contributed by atoms with E-state index < -0.39 is 0 Å². The maximum Gasteiger partial charge on any atom is 0.263 e. The number of likely N-dealkylation sites (tertiary alicyclic amines) is 1. The van der Waals surface area contributed by atoms with Crippen LogP contribution < -0.4 is 0 Å². The van der Waals surface area contributed by atoms with Crippen molar-refractivity contribution in [2.75, 3.05) is 20.1 Å². The number of amides is 1.